The van der Waals surface area contributed by atoms with Crippen molar-refractivity contribution in [1.29, 1.82) is 0 Å². The molecule has 0 amide bonds. The fourth-order valence-corrected chi connectivity index (χ4v) is 2.50. The summed E-state index contributed by atoms with van der Waals surface area (Å²) in [6.45, 7) is 5.07. The Bertz CT molecular complexity index is 660. The maximum Gasteiger partial charge on any atom is 0.353 e. The molecule has 0 saturated carbocycles. The van der Waals surface area contributed by atoms with Crippen molar-refractivity contribution in [3.63, 3.8) is 0 Å². The van der Waals surface area contributed by atoms with Crippen LogP contribution in [0.5, 0.6) is 0 Å². The highest BCUT2D eigenvalue weighted by Crippen LogP contribution is 2.31. The summed E-state index contributed by atoms with van der Waals surface area (Å²) in [7, 11) is 0. The molecule has 2 heterocycles. The van der Waals surface area contributed by atoms with Gasteiger partial charge in [0.15, 0.2) is 0 Å². The Labute approximate surface area is 122 Å². The second-order valence-corrected chi connectivity index (χ2v) is 5.09. The van der Waals surface area contributed by atoms with Crippen LogP contribution in [-0.4, -0.2) is 47.6 Å². The van der Waals surface area contributed by atoms with E-state index in [1.165, 1.54) is 0 Å². The van der Waals surface area contributed by atoms with Crippen molar-refractivity contribution in [2.45, 2.75) is 6.92 Å². The number of aromatic nitrogens is 2. The molecular weight excluding hydrogens is 270 g/mol. The molecule has 0 unspecified atom stereocenters. The van der Waals surface area contributed by atoms with Gasteiger partial charge in [-0.25, -0.2) is 4.79 Å². The minimum Gasteiger partial charge on any atom is -0.477 e. The third-order valence-electron chi connectivity index (χ3n) is 3.59. The zero-order valence-corrected chi connectivity index (χ0v) is 11.8. The molecule has 0 radical (unpaired) electrons. The molecule has 1 fully saturated rings. The van der Waals surface area contributed by atoms with Gasteiger partial charge >= 0.3 is 5.97 Å². The lowest BCUT2D eigenvalue weighted by atomic mass is 10.0. The lowest BCUT2D eigenvalue weighted by molar-refractivity contribution is 0.0690. The molecule has 0 bridgehead atoms. The van der Waals surface area contributed by atoms with Gasteiger partial charge in [0.2, 0.25) is 0 Å². The summed E-state index contributed by atoms with van der Waals surface area (Å²) in [6.07, 6.45) is 0. The largest absolute Gasteiger partial charge is 0.477 e. The molecule has 2 aromatic rings. The van der Waals surface area contributed by atoms with Gasteiger partial charge in [-0.2, -0.15) is 5.10 Å². The number of hydrogen-bond acceptors (Lipinski definition) is 4. The third-order valence-corrected chi connectivity index (χ3v) is 3.59. The number of anilines is 1. The first kappa shape index (κ1) is 13.6. The Morgan fingerprint density at radius 1 is 1.33 bits per heavy atom. The van der Waals surface area contributed by atoms with Crippen LogP contribution in [0.25, 0.3) is 11.3 Å². The Balaban J connectivity index is 2.02. The predicted molar refractivity (Wildman–Crippen MR) is 78.8 cm³/mol. The number of carbonyl (C=O) groups is 1. The fraction of sp³-hybridized carbons (Fsp3) is 0.333. The smallest absolute Gasteiger partial charge is 0.353 e. The predicted octanol–water partition coefficient (Wildman–Crippen LogP) is 1.92. The first-order chi connectivity index (χ1) is 10.1. The van der Waals surface area contributed by atoms with Crippen molar-refractivity contribution in [3.8, 4) is 11.3 Å². The summed E-state index contributed by atoms with van der Waals surface area (Å²) >= 11 is 0. The molecule has 0 aliphatic carbocycles. The summed E-state index contributed by atoms with van der Waals surface area (Å²) in [4.78, 5) is 13.2. The SMILES string of the molecule is Cc1ccc(N2CCOCC2)c(-c2cc(C(=O)O)[nH]n2)c1. The Morgan fingerprint density at radius 2 is 2.10 bits per heavy atom. The molecule has 21 heavy (non-hydrogen) atoms. The van der Waals surface area contributed by atoms with Crippen molar-refractivity contribution in [2.75, 3.05) is 31.2 Å². The number of ether oxygens (including phenoxy) is 1. The maximum atomic E-state index is 11.0. The van der Waals surface area contributed by atoms with Gasteiger partial charge in [0, 0.05) is 24.3 Å². The molecular formula is C15H17N3O3. The lowest BCUT2D eigenvalue weighted by Gasteiger charge is -2.30. The van der Waals surface area contributed by atoms with E-state index in [2.05, 4.69) is 27.2 Å². The monoisotopic (exact) mass is 287 g/mol. The van der Waals surface area contributed by atoms with Crippen LogP contribution in [0.15, 0.2) is 24.3 Å². The number of aromatic amines is 1. The number of rotatable bonds is 3. The van der Waals surface area contributed by atoms with E-state index in [1.807, 2.05) is 13.0 Å². The molecule has 1 aromatic heterocycles. The van der Waals surface area contributed by atoms with Crippen LogP contribution in [0.1, 0.15) is 16.1 Å². The van der Waals surface area contributed by atoms with E-state index >= 15 is 0 Å². The highest BCUT2D eigenvalue weighted by atomic mass is 16.5. The standard InChI is InChI=1S/C15H17N3O3/c1-10-2-3-14(18-4-6-21-7-5-18)11(8-10)12-9-13(15(19)20)17-16-12/h2-3,8-9H,4-7H2,1H3,(H,16,17)(H,19,20). The van der Waals surface area contributed by atoms with Crippen LogP contribution < -0.4 is 4.90 Å². The molecule has 1 aromatic carbocycles. The first-order valence-electron chi connectivity index (χ1n) is 6.87. The van der Waals surface area contributed by atoms with E-state index in [0.717, 1.165) is 29.9 Å². The Kier molecular flexibility index (Phi) is 3.62. The molecule has 110 valence electrons. The second-order valence-electron chi connectivity index (χ2n) is 5.09. The topological polar surface area (TPSA) is 78.5 Å². The minimum atomic E-state index is -1.01. The van der Waals surface area contributed by atoms with Gasteiger partial charge in [0.05, 0.1) is 18.9 Å². The number of hydrogen-bond donors (Lipinski definition) is 2. The van der Waals surface area contributed by atoms with Gasteiger partial charge in [0.25, 0.3) is 0 Å². The van der Waals surface area contributed by atoms with Crippen LogP contribution in [0.3, 0.4) is 0 Å². The van der Waals surface area contributed by atoms with Crippen molar-refractivity contribution >= 4 is 11.7 Å². The van der Waals surface area contributed by atoms with E-state index in [0.29, 0.717) is 18.9 Å². The van der Waals surface area contributed by atoms with Gasteiger partial charge in [-0.15, -0.1) is 0 Å². The van der Waals surface area contributed by atoms with Crippen molar-refractivity contribution in [2.24, 2.45) is 0 Å². The maximum absolute atomic E-state index is 11.0. The minimum absolute atomic E-state index is 0.0967. The van der Waals surface area contributed by atoms with E-state index in [4.69, 9.17) is 9.84 Å². The molecule has 0 spiro atoms. The molecule has 1 aliphatic rings. The Morgan fingerprint density at radius 3 is 2.76 bits per heavy atom. The number of nitrogens with zero attached hydrogens (tertiary/aromatic N) is 2. The van der Waals surface area contributed by atoms with Crippen molar-refractivity contribution < 1.29 is 14.6 Å². The first-order valence-corrected chi connectivity index (χ1v) is 6.87. The van der Waals surface area contributed by atoms with Crippen molar-refractivity contribution in [3.05, 3.63) is 35.5 Å². The van der Waals surface area contributed by atoms with Crippen LogP contribution in [-0.2, 0) is 4.74 Å². The fourth-order valence-electron chi connectivity index (χ4n) is 2.50. The summed E-state index contributed by atoms with van der Waals surface area (Å²) in [6, 6.07) is 7.72. The van der Waals surface area contributed by atoms with Gasteiger partial charge < -0.3 is 14.7 Å². The summed E-state index contributed by atoms with van der Waals surface area (Å²) in [5.74, 6) is -1.01. The van der Waals surface area contributed by atoms with Crippen LogP contribution in [0, 0.1) is 6.92 Å². The number of morpholine rings is 1. The van der Waals surface area contributed by atoms with E-state index < -0.39 is 5.97 Å². The molecule has 2 N–H and O–H groups in total. The molecule has 6 nitrogen and oxygen atoms in total. The number of aromatic carboxylic acids is 1. The normalized spacial score (nSPS) is 15.2. The number of nitrogens with one attached hydrogen (secondary N) is 1. The van der Waals surface area contributed by atoms with Gasteiger partial charge in [-0.1, -0.05) is 11.6 Å². The molecule has 1 aliphatic heterocycles. The highest BCUT2D eigenvalue weighted by molar-refractivity contribution is 5.88. The quantitative estimate of drug-likeness (QED) is 0.901. The molecule has 3 rings (SSSR count). The molecule has 6 heteroatoms. The summed E-state index contributed by atoms with van der Waals surface area (Å²) in [5, 5.41) is 15.7. The number of H-pyrrole nitrogens is 1. The second kappa shape index (κ2) is 5.57. The summed E-state index contributed by atoms with van der Waals surface area (Å²) < 4.78 is 5.38. The Hall–Kier alpha value is -2.34. The number of benzene rings is 1. The average molecular weight is 287 g/mol. The van der Waals surface area contributed by atoms with Crippen LogP contribution in [0.4, 0.5) is 5.69 Å². The zero-order valence-electron chi connectivity index (χ0n) is 11.8. The molecule has 1 saturated heterocycles. The highest BCUT2D eigenvalue weighted by Gasteiger charge is 2.18. The molecule has 0 atom stereocenters. The van der Waals surface area contributed by atoms with Crippen LogP contribution >= 0.6 is 0 Å². The zero-order chi connectivity index (χ0) is 14.8. The number of carboxylic acids is 1. The van der Waals surface area contributed by atoms with Gasteiger partial charge in [0.1, 0.15) is 5.69 Å². The third kappa shape index (κ3) is 2.75. The number of carboxylic acid groups (broad SMARTS) is 1. The van der Waals surface area contributed by atoms with E-state index in [9.17, 15) is 4.79 Å². The lowest BCUT2D eigenvalue weighted by Crippen LogP contribution is -2.36. The average Bonchev–Trinajstić information content (AvgIpc) is 2.98. The van der Waals surface area contributed by atoms with Crippen molar-refractivity contribution in [1.82, 2.24) is 10.2 Å². The van der Waals surface area contributed by atoms with Gasteiger partial charge in [-0.3, -0.25) is 5.10 Å². The summed E-state index contributed by atoms with van der Waals surface area (Å²) in [5.41, 5.74) is 3.87. The van der Waals surface area contributed by atoms with Crippen LogP contribution in [0.2, 0.25) is 0 Å². The van der Waals surface area contributed by atoms with E-state index in [1.54, 1.807) is 6.07 Å². The van der Waals surface area contributed by atoms with Gasteiger partial charge in [-0.05, 0) is 25.1 Å². The van der Waals surface area contributed by atoms with E-state index in [-0.39, 0.29) is 5.69 Å². The number of aryl methyl sites for hydroxylation is 1.